The maximum absolute atomic E-state index is 11.4. The number of carboxylic acids is 1. The van der Waals surface area contributed by atoms with Crippen LogP contribution in [0.15, 0.2) is 18.2 Å². The smallest absolute Gasteiger partial charge is 0.316 e. The number of carboxylic acid groups (broad SMARTS) is 1. The van der Waals surface area contributed by atoms with Crippen LogP contribution in [0, 0.1) is 0 Å². The van der Waals surface area contributed by atoms with Crippen LogP contribution in [-0.2, 0) is 14.9 Å². The van der Waals surface area contributed by atoms with Crippen LogP contribution in [0.25, 0.3) is 0 Å². The number of benzene rings is 1. The molecule has 0 heterocycles. The molecule has 0 aliphatic carbocycles. The summed E-state index contributed by atoms with van der Waals surface area (Å²) in [6.45, 7) is 1.62. The summed E-state index contributed by atoms with van der Waals surface area (Å²) in [5.74, 6) is -0.503. The number of hydrogen-bond donors (Lipinski definition) is 1. The molecule has 1 atom stereocenters. The topological polar surface area (TPSA) is 55.8 Å². The first-order valence-electron chi connectivity index (χ1n) is 5.02. The molecule has 1 aromatic rings. The number of hydrogen-bond acceptors (Lipinski definition) is 3. The molecule has 0 aliphatic rings. The highest BCUT2D eigenvalue weighted by Gasteiger charge is 2.38. The molecule has 0 fully saturated rings. The SMILES string of the molecule is COCC(C)(C(=O)O)c1cc(Cl)ccc1OC. The molecule has 0 aliphatic heterocycles. The maximum atomic E-state index is 11.4. The minimum atomic E-state index is -1.19. The Kier molecular flexibility index (Phi) is 4.37. The zero-order valence-corrected chi connectivity index (χ0v) is 10.7. The van der Waals surface area contributed by atoms with Crippen LogP contribution < -0.4 is 4.74 Å². The van der Waals surface area contributed by atoms with Gasteiger partial charge in [0.1, 0.15) is 11.2 Å². The summed E-state index contributed by atoms with van der Waals surface area (Å²) in [7, 11) is 2.94. The lowest BCUT2D eigenvalue weighted by atomic mass is 9.82. The second-order valence-corrected chi connectivity index (χ2v) is 4.35. The van der Waals surface area contributed by atoms with Gasteiger partial charge in [-0.2, -0.15) is 0 Å². The Bertz CT molecular complexity index is 419. The van der Waals surface area contributed by atoms with Crippen molar-refractivity contribution in [1.29, 1.82) is 0 Å². The van der Waals surface area contributed by atoms with Gasteiger partial charge in [0.05, 0.1) is 13.7 Å². The molecule has 0 aromatic heterocycles. The van der Waals surface area contributed by atoms with Gasteiger partial charge >= 0.3 is 5.97 Å². The second kappa shape index (κ2) is 5.38. The average molecular weight is 259 g/mol. The zero-order chi connectivity index (χ0) is 13.1. The van der Waals surface area contributed by atoms with Crippen molar-refractivity contribution in [3.63, 3.8) is 0 Å². The number of rotatable bonds is 5. The minimum Gasteiger partial charge on any atom is -0.496 e. The van der Waals surface area contributed by atoms with Crippen molar-refractivity contribution in [3.05, 3.63) is 28.8 Å². The zero-order valence-electron chi connectivity index (χ0n) is 9.99. The van der Waals surface area contributed by atoms with Gasteiger partial charge in [-0.3, -0.25) is 4.79 Å². The van der Waals surface area contributed by atoms with Crippen LogP contribution in [0.3, 0.4) is 0 Å². The van der Waals surface area contributed by atoms with E-state index in [0.29, 0.717) is 16.3 Å². The summed E-state index contributed by atoms with van der Waals surface area (Å²) in [5, 5.41) is 9.81. The van der Waals surface area contributed by atoms with Crippen molar-refractivity contribution >= 4 is 17.6 Å². The predicted octanol–water partition coefficient (Wildman–Crippen LogP) is 2.34. The van der Waals surface area contributed by atoms with Gasteiger partial charge in [-0.15, -0.1) is 0 Å². The van der Waals surface area contributed by atoms with Crippen LogP contribution in [-0.4, -0.2) is 31.9 Å². The van der Waals surface area contributed by atoms with Crippen molar-refractivity contribution in [1.82, 2.24) is 0 Å². The van der Waals surface area contributed by atoms with E-state index in [2.05, 4.69) is 0 Å². The van der Waals surface area contributed by atoms with Crippen molar-refractivity contribution in [2.75, 3.05) is 20.8 Å². The highest BCUT2D eigenvalue weighted by atomic mass is 35.5. The van der Waals surface area contributed by atoms with Gasteiger partial charge in [0.2, 0.25) is 0 Å². The first-order chi connectivity index (χ1) is 7.95. The molecule has 0 saturated carbocycles. The van der Waals surface area contributed by atoms with E-state index in [9.17, 15) is 9.90 Å². The summed E-state index contributed by atoms with van der Waals surface area (Å²) < 4.78 is 10.1. The van der Waals surface area contributed by atoms with Crippen LogP contribution >= 0.6 is 11.6 Å². The van der Waals surface area contributed by atoms with E-state index in [0.717, 1.165) is 0 Å². The first kappa shape index (κ1) is 13.8. The molecule has 17 heavy (non-hydrogen) atoms. The van der Waals surface area contributed by atoms with Gasteiger partial charge in [0, 0.05) is 17.7 Å². The summed E-state index contributed by atoms with van der Waals surface area (Å²) in [5.41, 5.74) is -0.688. The molecular formula is C12H15ClO4. The molecule has 94 valence electrons. The van der Waals surface area contributed by atoms with Gasteiger partial charge in [-0.1, -0.05) is 11.6 Å². The molecule has 1 aromatic carbocycles. The molecule has 4 nitrogen and oxygen atoms in total. The van der Waals surface area contributed by atoms with Gasteiger partial charge in [-0.05, 0) is 25.1 Å². The lowest BCUT2D eigenvalue weighted by Gasteiger charge is -2.26. The summed E-state index contributed by atoms with van der Waals surface area (Å²) in [6.07, 6.45) is 0. The third-order valence-electron chi connectivity index (χ3n) is 2.66. The fourth-order valence-corrected chi connectivity index (χ4v) is 1.83. The third-order valence-corrected chi connectivity index (χ3v) is 2.90. The van der Waals surface area contributed by atoms with E-state index < -0.39 is 11.4 Å². The molecule has 0 bridgehead atoms. The Morgan fingerprint density at radius 1 is 1.47 bits per heavy atom. The highest BCUT2D eigenvalue weighted by Crippen LogP contribution is 2.34. The minimum absolute atomic E-state index is 0.0407. The van der Waals surface area contributed by atoms with Crippen LogP contribution in [0.4, 0.5) is 0 Å². The van der Waals surface area contributed by atoms with E-state index in [-0.39, 0.29) is 6.61 Å². The predicted molar refractivity (Wildman–Crippen MR) is 64.9 cm³/mol. The largest absolute Gasteiger partial charge is 0.496 e. The maximum Gasteiger partial charge on any atom is 0.316 e. The fraction of sp³-hybridized carbons (Fsp3) is 0.417. The van der Waals surface area contributed by atoms with Crippen molar-refractivity contribution < 1.29 is 19.4 Å². The highest BCUT2D eigenvalue weighted by molar-refractivity contribution is 6.30. The number of carbonyl (C=O) groups is 1. The Morgan fingerprint density at radius 3 is 2.59 bits per heavy atom. The molecular weight excluding hydrogens is 244 g/mol. The number of ether oxygens (including phenoxy) is 2. The van der Waals surface area contributed by atoms with E-state index >= 15 is 0 Å². The average Bonchev–Trinajstić information content (AvgIpc) is 2.29. The van der Waals surface area contributed by atoms with Crippen molar-refractivity contribution in [2.24, 2.45) is 0 Å². The van der Waals surface area contributed by atoms with Gasteiger partial charge < -0.3 is 14.6 Å². The lowest BCUT2D eigenvalue weighted by Crippen LogP contribution is -2.37. The van der Waals surface area contributed by atoms with Crippen LogP contribution in [0.5, 0.6) is 5.75 Å². The fourth-order valence-electron chi connectivity index (χ4n) is 1.65. The van der Waals surface area contributed by atoms with Gasteiger partial charge in [0.25, 0.3) is 0 Å². The van der Waals surface area contributed by atoms with E-state index in [1.54, 1.807) is 25.1 Å². The first-order valence-corrected chi connectivity index (χ1v) is 5.40. The molecule has 0 spiro atoms. The standard InChI is InChI=1S/C12H15ClO4/c1-12(7-16-2,11(14)15)9-6-8(13)4-5-10(9)17-3/h4-6H,7H2,1-3H3,(H,14,15). The van der Waals surface area contributed by atoms with E-state index in [1.807, 2.05) is 0 Å². The second-order valence-electron chi connectivity index (χ2n) is 3.91. The van der Waals surface area contributed by atoms with Gasteiger partial charge in [-0.25, -0.2) is 0 Å². The van der Waals surface area contributed by atoms with Crippen LogP contribution in [0.1, 0.15) is 12.5 Å². The molecule has 1 unspecified atom stereocenters. The Labute approximate surface area is 105 Å². The molecule has 0 radical (unpaired) electrons. The Hall–Kier alpha value is -1.26. The molecule has 1 N–H and O–H groups in total. The van der Waals surface area contributed by atoms with Crippen LogP contribution in [0.2, 0.25) is 5.02 Å². The third kappa shape index (κ3) is 2.70. The quantitative estimate of drug-likeness (QED) is 0.881. The van der Waals surface area contributed by atoms with E-state index in [1.165, 1.54) is 14.2 Å². The van der Waals surface area contributed by atoms with Gasteiger partial charge in [0.15, 0.2) is 0 Å². The van der Waals surface area contributed by atoms with Crippen molar-refractivity contribution in [2.45, 2.75) is 12.3 Å². The summed E-state index contributed by atoms with van der Waals surface area (Å²) >= 11 is 5.90. The monoisotopic (exact) mass is 258 g/mol. The number of methoxy groups -OCH3 is 2. The molecule has 0 amide bonds. The number of aliphatic carboxylic acids is 1. The number of halogens is 1. The van der Waals surface area contributed by atoms with E-state index in [4.69, 9.17) is 21.1 Å². The Morgan fingerprint density at radius 2 is 2.12 bits per heavy atom. The molecule has 5 heteroatoms. The summed E-state index contributed by atoms with van der Waals surface area (Å²) in [4.78, 5) is 11.4. The normalized spacial score (nSPS) is 14.1. The molecule has 1 rings (SSSR count). The molecule has 0 saturated heterocycles. The summed E-state index contributed by atoms with van der Waals surface area (Å²) in [6, 6.07) is 4.89. The van der Waals surface area contributed by atoms with Crippen molar-refractivity contribution in [3.8, 4) is 5.75 Å². The Balaban J connectivity index is 3.36. The lowest BCUT2D eigenvalue weighted by molar-refractivity contribution is -0.145.